The molecule has 2 fully saturated rings. The van der Waals surface area contributed by atoms with Gasteiger partial charge in [0.25, 0.3) is 16.0 Å². The summed E-state index contributed by atoms with van der Waals surface area (Å²) in [7, 11) is -3.47. The van der Waals surface area contributed by atoms with Crippen molar-refractivity contribution >= 4 is 27.6 Å². The third-order valence-electron chi connectivity index (χ3n) is 6.05. The Kier molecular flexibility index (Phi) is 7.59. The average molecular weight is 444 g/mol. The van der Waals surface area contributed by atoms with Crippen LogP contribution in [0.15, 0.2) is 18.2 Å². The van der Waals surface area contributed by atoms with Crippen LogP contribution in [0.5, 0.6) is 0 Å². The SMILES string of the molecule is CS(=O)(=O)OCCOCc1ccc(Cl)c(C(=O)NCC23CCCC(CCC2)C3)c1. The highest BCUT2D eigenvalue weighted by Crippen LogP contribution is 2.48. The molecule has 162 valence electrons. The van der Waals surface area contributed by atoms with Gasteiger partial charge in [-0.15, -0.1) is 0 Å². The van der Waals surface area contributed by atoms with Crippen LogP contribution in [0.25, 0.3) is 0 Å². The molecule has 1 aromatic rings. The lowest BCUT2D eigenvalue weighted by molar-refractivity contribution is 0.0681. The highest BCUT2D eigenvalue weighted by Gasteiger charge is 2.39. The van der Waals surface area contributed by atoms with Gasteiger partial charge in [-0.3, -0.25) is 8.98 Å². The Morgan fingerprint density at radius 1 is 1.24 bits per heavy atom. The molecule has 0 atom stereocenters. The molecule has 1 aromatic carbocycles. The van der Waals surface area contributed by atoms with Gasteiger partial charge >= 0.3 is 0 Å². The number of carbonyl (C=O) groups is 1. The number of benzene rings is 1. The van der Waals surface area contributed by atoms with Crippen LogP contribution in [0.4, 0.5) is 0 Å². The molecule has 0 heterocycles. The molecule has 0 aromatic heterocycles. The molecule has 29 heavy (non-hydrogen) atoms. The van der Waals surface area contributed by atoms with Gasteiger partial charge < -0.3 is 10.1 Å². The van der Waals surface area contributed by atoms with Gasteiger partial charge in [-0.25, -0.2) is 0 Å². The minimum Gasteiger partial charge on any atom is -0.374 e. The molecule has 0 saturated heterocycles. The second-order valence-electron chi connectivity index (χ2n) is 8.43. The van der Waals surface area contributed by atoms with Crippen molar-refractivity contribution in [1.82, 2.24) is 5.32 Å². The minimum atomic E-state index is -3.47. The number of ether oxygens (including phenoxy) is 1. The summed E-state index contributed by atoms with van der Waals surface area (Å²) in [6, 6.07) is 5.22. The Labute approximate surface area is 178 Å². The van der Waals surface area contributed by atoms with E-state index in [0.29, 0.717) is 17.1 Å². The summed E-state index contributed by atoms with van der Waals surface area (Å²) in [5, 5.41) is 3.54. The summed E-state index contributed by atoms with van der Waals surface area (Å²) in [5.74, 6) is 0.671. The van der Waals surface area contributed by atoms with E-state index in [9.17, 15) is 13.2 Å². The lowest BCUT2D eigenvalue weighted by Crippen LogP contribution is -2.43. The Morgan fingerprint density at radius 3 is 2.66 bits per heavy atom. The highest BCUT2D eigenvalue weighted by atomic mass is 35.5. The maximum atomic E-state index is 12.8. The number of carbonyl (C=O) groups excluding carboxylic acids is 1. The van der Waals surface area contributed by atoms with Crippen LogP contribution in [0, 0.1) is 11.3 Å². The number of hydrogen-bond donors (Lipinski definition) is 1. The molecule has 2 aliphatic carbocycles. The lowest BCUT2D eigenvalue weighted by Gasteiger charge is -2.45. The molecule has 0 radical (unpaired) electrons. The molecule has 2 saturated carbocycles. The maximum Gasteiger partial charge on any atom is 0.264 e. The molecule has 0 spiro atoms. The van der Waals surface area contributed by atoms with Crippen molar-refractivity contribution < 1.29 is 22.1 Å². The van der Waals surface area contributed by atoms with Gasteiger partial charge in [0.15, 0.2) is 0 Å². The van der Waals surface area contributed by atoms with E-state index in [1.165, 1.54) is 44.9 Å². The summed E-state index contributed by atoms with van der Waals surface area (Å²) in [4.78, 5) is 12.8. The van der Waals surface area contributed by atoms with Crippen LogP contribution in [0.2, 0.25) is 5.02 Å². The molecule has 3 rings (SSSR count). The smallest absolute Gasteiger partial charge is 0.264 e. The topological polar surface area (TPSA) is 81.7 Å². The van der Waals surface area contributed by atoms with E-state index in [2.05, 4.69) is 9.50 Å². The predicted molar refractivity (Wildman–Crippen MR) is 112 cm³/mol. The van der Waals surface area contributed by atoms with Crippen LogP contribution in [0.1, 0.15) is 60.9 Å². The quantitative estimate of drug-likeness (QED) is 0.462. The monoisotopic (exact) mass is 443 g/mol. The molecule has 2 aliphatic rings. The first-order valence-electron chi connectivity index (χ1n) is 10.3. The molecule has 0 aliphatic heterocycles. The normalized spacial score (nSPS) is 24.3. The van der Waals surface area contributed by atoms with E-state index >= 15 is 0 Å². The summed E-state index contributed by atoms with van der Waals surface area (Å²) in [5.41, 5.74) is 1.50. The van der Waals surface area contributed by atoms with Crippen molar-refractivity contribution in [3.05, 3.63) is 34.3 Å². The van der Waals surface area contributed by atoms with Crippen molar-refractivity contribution in [2.24, 2.45) is 11.3 Å². The van der Waals surface area contributed by atoms with E-state index in [1.807, 2.05) is 0 Å². The first kappa shape index (κ1) is 22.5. The standard InChI is InChI=1S/C21H30ClNO5S/c1-29(25,26)28-11-10-27-14-17-6-7-19(22)18(12-17)20(24)23-15-21-8-2-4-16(13-21)5-3-9-21/h6-7,12,16H,2-5,8-11,13-15H2,1H3,(H,23,24). The fraction of sp³-hybridized carbons (Fsp3) is 0.667. The minimum absolute atomic E-state index is 0.0388. The van der Waals surface area contributed by atoms with Gasteiger partial charge in [0.05, 0.1) is 36.7 Å². The molecular weight excluding hydrogens is 414 g/mol. The summed E-state index contributed by atoms with van der Waals surface area (Å²) in [6.07, 6.45) is 9.80. The van der Waals surface area contributed by atoms with Crippen LogP contribution in [0.3, 0.4) is 0 Å². The first-order chi connectivity index (χ1) is 13.8. The third kappa shape index (κ3) is 6.67. The number of rotatable bonds is 9. The second kappa shape index (κ2) is 9.77. The summed E-state index contributed by atoms with van der Waals surface area (Å²) >= 11 is 6.26. The zero-order chi connectivity index (χ0) is 20.9. The van der Waals surface area contributed by atoms with Crippen molar-refractivity contribution in [1.29, 1.82) is 0 Å². The van der Waals surface area contributed by atoms with Gasteiger partial charge in [0.2, 0.25) is 0 Å². The number of nitrogens with one attached hydrogen (secondary N) is 1. The molecular formula is C21H30ClNO5S. The maximum absolute atomic E-state index is 12.8. The summed E-state index contributed by atoms with van der Waals surface area (Å²) in [6.45, 7) is 1.06. The Morgan fingerprint density at radius 2 is 1.97 bits per heavy atom. The van der Waals surface area contributed by atoms with Crippen molar-refractivity contribution in [2.75, 3.05) is 26.0 Å². The van der Waals surface area contributed by atoms with E-state index in [1.54, 1.807) is 18.2 Å². The Hall–Kier alpha value is -1.15. The molecule has 1 N–H and O–H groups in total. The number of halogens is 1. The number of amides is 1. The van der Waals surface area contributed by atoms with E-state index < -0.39 is 10.1 Å². The zero-order valence-electron chi connectivity index (χ0n) is 16.9. The molecule has 8 heteroatoms. The zero-order valence-corrected chi connectivity index (χ0v) is 18.5. The first-order valence-corrected chi connectivity index (χ1v) is 12.4. The van der Waals surface area contributed by atoms with E-state index in [0.717, 1.165) is 17.7 Å². The second-order valence-corrected chi connectivity index (χ2v) is 10.5. The molecule has 1 amide bonds. The van der Waals surface area contributed by atoms with Crippen LogP contribution >= 0.6 is 11.6 Å². The fourth-order valence-electron chi connectivity index (χ4n) is 4.70. The van der Waals surface area contributed by atoms with Gasteiger partial charge in [0.1, 0.15) is 0 Å². The number of fused-ring (bicyclic) bond motifs is 2. The predicted octanol–water partition coefficient (Wildman–Crippen LogP) is 3.92. The van der Waals surface area contributed by atoms with Crippen molar-refractivity contribution in [3.63, 3.8) is 0 Å². The van der Waals surface area contributed by atoms with Crippen LogP contribution in [-0.2, 0) is 25.6 Å². The number of hydrogen-bond acceptors (Lipinski definition) is 5. The van der Waals surface area contributed by atoms with Crippen LogP contribution < -0.4 is 5.32 Å². The molecule has 0 unspecified atom stereocenters. The molecule has 6 nitrogen and oxygen atoms in total. The van der Waals surface area contributed by atoms with E-state index in [4.69, 9.17) is 16.3 Å². The van der Waals surface area contributed by atoms with Crippen LogP contribution in [-0.4, -0.2) is 40.3 Å². The van der Waals surface area contributed by atoms with Gasteiger partial charge in [-0.1, -0.05) is 43.4 Å². The largest absolute Gasteiger partial charge is 0.374 e. The Bertz CT molecular complexity index is 816. The highest BCUT2D eigenvalue weighted by molar-refractivity contribution is 7.85. The summed E-state index contributed by atoms with van der Waals surface area (Å²) < 4.78 is 31.9. The van der Waals surface area contributed by atoms with Crippen molar-refractivity contribution in [2.45, 2.75) is 51.6 Å². The van der Waals surface area contributed by atoms with Gasteiger partial charge in [-0.05, 0) is 48.3 Å². The Balaban J connectivity index is 1.52. The third-order valence-corrected chi connectivity index (χ3v) is 6.98. The van der Waals surface area contributed by atoms with E-state index in [-0.39, 0.29) is 31.1 Å². The van der Waals surface area contributed by atoms with Gasteiger partial charge in [0, 0.05) is 6.54 Å². The van der Waals surface area contributed by atoms with Gasteiger partial charge in [-0.2, -0.15) is 8.42 Å². The fourth-order valence-corrected chi connectivity index (χ4v) is 5.28. The average Bonchev–Trinajstić information content (AvgIpc) is 2.66. The lowest BCUT2D eigenvalue weighted by atomic mass is 9.62. The van der Waals surface area contributed by atoms with Crippen molar-refractivity contribution in [3.8, 4) is 0 Å². The molecule has 2 bridgehead atoms.